The van der Waals surface area contributed by atoms with Crippen LogP contribution < -0.4 is 15.6 Å². The van der Waals surface area contributed by atoms with E-state index in [4.69, 9.17) is 16.3 Å². The van der Waals surface area contributed by atoms with E-state index in [0.717, 1.165) is 29.9 Å². The Balaban J connectivity index is 1.50. The minimum atomic E-state index is -0.478. The molecule has 1 aromatic heterocycles. The van der Waals surface area contributed by atoms with Crippen LogP contribution in [0.3, 0.4) is 0 Å². The number of aryl methyl sites for hydroxylation is 1. The van der Waals surface area contributed by atoms with Gasteiger partial charge >= 0.3 is 0 Å². The second-order valence-electron chi connectivity index (χ2n) is 6.95. The first-order chi connectivity index (χ1) is 15.5. The van der Waals surface area contributed by atoms with Gasteiger partial charge in [-0.25, -0.2) is 0 Å². The normalized spacial score (nSPS) is 10.6. The molecular formula is C22H24ClN5O3S. The van der Waals surface area contributed by atoms with Crippen LogP contribution in [-0.4, -0.2) is 38.9 Å². The number of aromatic nitrogens is 3. The summed E-state index contributed by atoms with van der Waals surface area (Å²) in [6, 6.07) is 14.7. The first kappa shape index (κ1) is 23.6. The van der Waals surface area contributed by atoms with Crippen LogP contribution in [0.15, 0.2) is 53.7 Å². The number of carbonyl (C=O) groups excluding carboxylic acids is 2. The summed E-state index contributed by atoms with van der Waals surface area (Å²) < 4.78 is 7.34. The SMILES string of the molecule is CCCn1c(SCC(=O)NNC(=O)COc2ccc(Cl)cc2)nnc1-c1cccc(C)c1. The number of hydrogen-bond acceptors (Lipinski definition) is 6. The number of nitrogens with zero attached hydrogens (tertiary/aromatic N) is 3. The summed E-state index contributed by atoms with van der Waals surface area (Å²) in [7, 11) is 0. The van der Waals surface area contributed by atoms with Gasteiger partial charge in [0.2, 0.25) is 5.91 Å². The number of amides is 2. The minimum Gasteiger partial charge on any atom is -0.484 e. The van der Waals surface area contributed by atoms with Crippen molar-refractivity contribution in [3.8, 4) is 17.1 Å². The van der Waals surface area contributed by atoms with Gasteiger partial charge in [0.15, 0.2) is 17.6 Å². The summed E-state index contributed by atoms with van der Waals surface area (Å²) in [4.78, 5) is 24.0. The molecule has 168 valence electrons. The lowest BCUT2D eigenvalue weighted by Crippen LogP contribution is -2.44. The molecule has 0 aliphatic heterocycles. The summed E-state index contributed by atoms with van der Waals surface area (Å²) in [5.74, 6) is 0.512. The van der Waals surface area contributed by atoms with Crippen LogP contribution in [0.5, 0.6) is 5.75 Å². The van der Waals surface area contributed by atoms with E-state index in [1.807, 2.05) is 29.7 Å². The molecule has 0 unspecified atom stereocenters. The fourth-order valence-corrected chi connectivity index (χ4v) is 3.73. The van der Waals surface area contributed by atoms with Gasteiger partial charge in [-0.1, -0.05) is 54.0 Å². The maximum absolute atomic E-state index is 12.2. The van der Waals surface area contributed by atoms with E-state index in [0.29, 0.717) is 15.9 Å². The zero-order valence-electron chi connectivity index (χ0n) is 17.8. The number of carbonyl (C=O) groups is 2. The number of benzene rings is 2. The van der Waals surface area contributed by atoms with Gasteiger partial charge in [0.25, 0.3) is 5.91 Å². The van der Waals surface area contributed by atoms with Crippen molar-refractivity contribution in [1.82, 2.24) is 25.6 Å². The van der Waals surface area contributed by atoms with Crippen LogP contribution in [0.25, 0.3) is 11.4 Å². The van der Waals surface area contributed by atoms with Crippen LogP contribution >= 0.6 is 23.4 Å². The molecule has 0 spiro atoms. The molecule has 3 aromatic rings. The summed E-state index contributed by atoms with van der Waals surface area (Å²) in [5.41, 5.74) is 6.83. The molecule has 3 rings (SSSR count). The third-order valence-electron chi connectivity index (χ3n) is 4.30. The second kappa shape index (κ2) is 11.5. The number of hydrazine groups is 1. The molecule has 0 bridgehead atoms. The number of rotatable bonds is 9. The Morgan fingerprint density at radius 2 is 1.84 bits per heavy atom. The standard InChI is InChI=1S/C22H24ClN5O3S/c1-3-11-28-21(16-6-4-5-15(2)12-16)26-27-22(28)32-14-20(30)25-24-19(29)13-31-18-9-7-17(23)8-10-18/h4-10,12H,3,11,13-14H2,1-2H3,(H,24,29)(H,25,30). The summed E-state index contributed by atoms with van der Waals surface area (Å²) in [6.45, 7) is 4.60. The highest BCUT2D eigenvalue weighted by Gasteiger charge is 2.15. The van der Waals surface area contributed by atoms with Gasteiger partial charge in [-0.3, -0.25) is 20.4 Å². The first-order valence-corrected chi connectivity index (χ1v) is 11.4. The summed E-state index contributed by atoms with van der Waals surface area (Å²) in [5, 5.41) is 9.80. The van der Waals surface area contributed by atoms with Crippen molar-refractivity contribution in [3.63, 3.8) is 0 Å². The highest BCUT2D eigenvalue weighted by Crippen LogP contribution is 2.25. The zero-order chi connectivity index (χ0) is 22.9. The Labute approximate surface area is 195 Å². The lowest BCUT2D eigenvalue weighted by molar-refractivity contribution is -0.128. The van der Waals surface area contributed by atoms with Crippen LogP contribution in [0.4, 0.5) is 0 Å². The maximum atomic E-state index is 12.2. The number of halogens is 1. The van der Waals surface area contributed by atoms with Gasteiger partial charge in [0.05, 0.1) is 5.75 Å². The van der Waals surface area contributed by atoms with Crippen molar-refractivity contribution < 1.29 is 14.3 Å². The predicted molar refractivity (Wildman–Crippen MR) is 124 cm³/mol. The van der Waals surface area contributed by atoms with Crippen LogP contribution in [-0.2, 0) is 16.1 Å². The number of hydrogen-bond donors (Lipinski definition) is 2. The van der Waals surface area contributed by atoms with Gasteiger partial charge in [0.1, 0.15) is 5.75 Å². The topological polar surface area (TPSA) is 98.1 Å². The molecule has 0 saturated heterocycles. The fraction of sp³-hybridized carbons (Fsp3) is 0.273. The first-order valence-electron chi connectivity index (χ1n) is 10.1. The lowest BCUT2D eigenvalue weighted by Gasteiger charge is -2.10. The average Bonchev–Trinajstić information content (AvgIpc) is 3.18. The van der Waals surface area contributed by atoms with Gasteiger partial charge < -0.3 is 9.30 Å². The molecule has 0 atom stereocenters. The summed E-state index contributed by atoms with van der Waals surface area (Å²) in [6.07, 6.45) is 0.903. The van der Waals surface area contributed by atoms with Gasteiger partial charge in [-0.05, 0) is 43.7 Å². The fourth-order valence-electron chi connectivity index (χ4n) is 2.84. The Kier molecular flexibility index (Phi) is 8.52. The van der Waals surface area contributed by atoms with E-state index in [1.54, 1.807) is 24.3 Å². The van der Waals surface area contributed by atoms with E-state index >= 15 is 0 Å². The minimum absolute atomic E-state index is 0.0774. The second-order valence-corrected chi connectivity index (χ2v) is 8.33. The summed E-state index contributed by atoms with van der Waals surface area (Å²) >= 11 is 7.06. The Hall–Kier alpha value is -3.04. The van der Waals surface area contributed by atoms with Gasteiger partial charge in [-0.15, -0.1) is 10.2 Å². The van der Waals surface area contributed by atoms with Crippen LogP contribution in [0.1, 0.15) is 18.9 Å². The Morgan fingerprint density at radius 1 is 1.09 bits per heavy atom. The van der Waals surface area contributed by atoms with Crippen LogP contribution in [0, 0.1) is 6.92 Å². The molecule has 32 heavy (non-hydrogen) atoms. The average molecular weight is 474 g/mol. The van der Waals surface area contributed by atoms with Crippen molar-refractivity contribution in [2.45, 2.75) is 32.0 Å². The molecule has 0 aliphatic rings. The third-order valence-corrected chi connectivity index (χ3v) is 5.52. The Bertz CT molecular complexity index is 1070. The van der Waals surface area contributed by atoms with E-state index in [1.165, 1.54) is 11.8 Å². The smallest absolute Gasteiger partial charge is 0.276 e. The van der Waals surface area contributed by atoms with Crippen molar-refractivity contribution in [1.29, 1.82) is 0 Å². The molecule has 0 saturated carbocycles. The number of thioether (sulfide) groups is 1. The monoisotopic (exact) mass is 473 g/mol. The molecule has 10 heteroatoms. The molecule has 2 N–H and O–H groups in total. The van der Waals surface area contributed by atoms with E-state index < -0.39 is 5.91 Å². The molecule has 8 nitrogen and oxygen atoms in total. The highest BCUT2D eigenvalue weighted by molar-refractivity contribution is 7.99. The molecule has 2 amide bonds. The largest absolute Gasteiger partial charge is 0.484 e. The zero-order valence-corrected chi connectivity index (χ0v) is 19.4. The van der Waals surface area contributed by atoms with Gasteiger partial charge in [-0.2, -0.15) is 0 Å². The number of ether oxygens (including phenoxy) is 1. The number of nitrogens with one attached hydrogen (secondary N) is 2. The lowest BCUT2D eigenvalue weighted by atomic mass is 10.1. The maximum Gasteiger partial charge on any atom is 0.276 e. The van der Waals surface area contributed by atoms with E-state index in [-0.39, 0.29) is 18.3 Å². The van der Waals surface area contributed by atoms with Crippen molar-refractivity contribution in [2.75, 3.05) is 12.4 Å². The van der Waals surface area contributed by atoms with Crippen molar-refractivity contribution in [2.24, 2.45) is 0 Å². The quantitative estimate of drug-likeness (QED) is 0.363. The highest BCUT2D eigenvalue weighted by atomic mass is 35.5. The molecule has 2 aromatic carbocycles. The van der Waals surface area contributed by atoms with Gasteiger partial charge in [0, 0.05) is 17.1 Å². The Morgan fingerprint density at radius 3 is 2.56 bits per heavy atom. The van der Waals surface area contributed by atoms with E-state index in [9.17, 15) is 9.59 Å². The van der Waals surface area contributed by atoms with Crippen molar-refractivity contribution >= 4 is 35.2 Å². The van der Waals surface area contributed by atoms with Crippen molar-refractivity contribution in [3.05, 3.63) is 59.1 Å². The third kappa shape index (κ3) is 6.73. The predicted octanol–water partition coefficient (Wildman–Crippen LogP) is 3.64. The molecule has 0 aliphatic carbocycles. The van der Waals surface area contributed by atoms with E-state index in [2.05, 4.69) is 34.0 Å². The molecule has 1 heterocycles. The molecular weight excluding hydrogens is 450 g/mol. The molecule has 0 radical (unpaired) electrons. The van der Waals surface area contributed by atoms with Crippen LogP contribution in [0.2, 0.25) is 5.02 Å². The molecule has 0 fully saturated rings.